The summed E-state index contributed by atoms with van der Waals surface area (Å²) in [7, 11) is 1.63. The molecule has 1 aromatic rings. The molecule has 2 rings (SSSR count). The molecule has 0 spiro atoms. The molecule has 1 aromatic carbocycles. The zero-order valence-corrected chi connectivity index (χ0v) is 12.4. The molecule has 1 fully saturated rings. The molecule has 112 valence electrons. The second kappa shape index (κ2) is 6.95. The molecule has 4 nitrogen and oxygen atoms in total. The summed E-state index contributed by atoms with van der Waals surface area (Å²) in [6, 6.07) is 6.41. The van der Waals surface area contributed by atoms with Crippen molar-refractivity contribution in [3.05, 3.63) is 23.8 Å². The molecule has 0 bridgehead atoms. The zero-order chi connectivity index (χ0) is 14.5. The summed E-state index contributed by atoms with van der Waals surface area (Å²) in [4.78, 5) is 2.32. The lowest BCUT2D eigenvalue weighted by molar-refractivity contribution is 0.194. The number of aliphatic hydroxyl groups excluding tert-OH is 2. The minimum absolute atomic E-state index is 0.192. The summed E-state index contributed by atoms with van der Waals surface area (Å²) >= 11 is 0. The van der Waals surface area contributed by atoms with Crippen LogP contribution in [0, 0.1) is 0 Å². The van der Waals surface area contributed by atoms with E-state index in [1.165, 1.54) is 19.3 Å². The fourth-order valence-corrected chi connectivity index (χ4v) is 2.82. The van der Waals surface area contributed by atoms with Gasteiger partial charge in [0.1, 0.15) is 5.75 Å². The summed E-state index contributed by atoms with van der Waals surface area (Å²) in [5.41, 5.74) is 1.89. The highest BCUT2D eigenvalue weighted by Crippen LogP contribution is 2.38. The average molecular weight is 279 g/mol. The first-order valence-corrected chi connectivity index (χ1v) is 7.41. The summed E-state index contributed by atoms with van der Waals surface area (Å²) in [5.74, 6) is 0.728. The van der Waals surface area contributed by atoms with E-state index in [2.05, 4.69) is 4.90 Å². The van der Waals surface area contributed by atoms with Crippen LogP contribution in [-0.2, 0) is 0 Å². The number of benzene rings is 1. The van der Waals surface area contributed by atoms with Crippen LogP contribution in [0.25, 0.3) is 0 Å². The van der Waals surface area contributed by atoms with Crippen molar-refractivity contribution >= 4 is 5.69 Å². The van der Waals surface area contributed by atoms with Crippen molar-refractivity contribution in [3.8, 4) is 5.75 Å². The number of aliphatic hydroxyl groups is 2. The molecule has 0 radical (unpaired) electrons. The minimum Gasteiger partial charge on any atom is -0.496 e. The van der Waals surface area contributed by atoms with Gasteiger partial charge in [0.05, 0.1) is 13.2 Å². The predicted molar refractivity (Wildman–Crippen MR) is 80.3 cm³/mol. The molecule has 0 aromatic heterocycles. The standard InChI is InChI=1S/C16H25NO3/c1-12(19)16-14(8-4-9-15(16)20-2)17(10-5-11-18)13-6-3-7-13/h4,8-9,12-13,18-19H,3,5-7,10-11H2,1-2H3/t12-/m1/s1. The van der Waals surface area contributed by atoms with E-state index in [0.29, 0.717) is 6.04 Å². The van der Waals surface area contributed by atoms with Crippen molar-refractivity contribution in [2.75, 3.05) is 25.2 Å². The molecule has 0 heterocycles. The van der Waals surface area contributed by atoms with Crippen LogP contribution in [0.3, 0.4) is 0 Å². The molecule has 1 saturated carbocycles. The Morgan fingerprint density at radius 1 is 1.40 bits per heavy atom. The molecule has 20 heavy (non-hydrogen) atoms. The summed E-state index contributed by atoms with van der Waals surface area (Å²) in [5, 5.41) is 19.2. The van der Waals surface area contributed by atoms with Gasteiger partial charge in [0.15, 0.2) is 0 Å². The highest BCUT2D eigenvalue weighted by Gasteiger charge is 2.28. The molecule has 1 atom stereocenters. The Kier molecular flexibility index (Phi) is 5.26. The fraction of sp³-hybridized carbons (Fsp3) is 0.625. The second-order valence-corrected chi connectivity index (χ2v) is 5.42. The zero-order valence-electron chi connectivity index (χ0n) is 12.4. The molecule has 1 aliphatic carbocycles. The quantitative estimate of drug-likeness (QED) is 0.805. The third-order valence-corrected chi connectivity index (χ3v) is 4.06. The number of ether oxygens (including phenoxy) is 1. The van der Waals surface area contributed by atoms with Crippen LogP contribution in [0.1, 0.15) is 44.3 Å². The van der Waals surface area contributed by atoms with Gasteiger partial charge >= 0.3 is 0 Å². The molecule has 0 amide bonds. The lowest BCUT2D eigenvalue weighted by Crippen LogP contribution is -2.41. The molecular weight excluding hydrogens is 254 g/mol. The van der Waals surface area contributed by atoms with Gasteiger partial charge in [0.2, 0.25) is 0 Å². The van der Waals surface area contributed by atoms with E-state index in [4.69, 9.17) is 9.84 Å². The van der Waals surface area contributed by atoms with Gasteiger partial charge in [-0.05, 0) is 44.7 Å². The fourth-order valence-electron chi connectivity index (χ4n) is 2.82. The molecule has 2 N–H and O–H groups in total. The lowest BCUT2D eigenvalue weighted by atomic mass is 9.90. The van der Waals surface area contributed by atoms with Crippen LogP contribution in [0.15, 0.2) is 18.2 Å². The maximum Gasteiger partial charge on any atom is 0.126 e. The van der Waals surface area contributed by atoms with Gasteiger partial charge in [0.25, 0.3) is 0 Å². The van der Waals surface area contributed by atoms with Crippen molar-refractivity contribution in [2.45, 2.75) is 44.8 Å². The van der Waals surface area contributed by atoms with Gasteiger partial charge < -0.3 is 19.8 Å². The van der Waals surface area contributed by atoms with Crippen LogP contribution >= 0.6 is 0 Å². The third kappa shape index (κ3) is 3.07. The van der Waals surface area contributed by atoms with Crippen LogP contribution in [0.2, 0.25) is 0 Å². The highest BCUT2D eigenvalue weighted by atomic mass is 16.5. The van der Waals surface area contributed by atoms with Crippen LogP contribution in [0.4, 0.5) is 5.69 Å². The summed E-state index contributed by atoms with van der Waals surface area (Å²) in [6.45, 7) is 2.78. The molecular formula is C16H25NO3. The second-order valence-electron chi connectivity index (χ2n) is 5.42. The van der Waals surface area contributed by atoms with Crippen molar-refractivity contribution in [1.82, 2.24) is 0 Å². The monoisotopic (exact) mass is 279 g/mol. The number of hydrogen-bond donors (Lipinski definition) is 2. The van der Waals surface area contributed by atoms with Gasteiger partial charge in [-0.25, -0.2) is 0 Å². The SMILES string of the molecule is COc1cccc(N(CCCO)C2CCC2)c1[C@@H](C)O. The first-order valence-electron chi connectivity index (χ1n) is 7.41. The summed E-state index contributed by atoms with van der Waals surface area (Å²) in [6.07, 6.45) is 3.79. The van der Waals surface area contributed by atoms with Gasteiger partial charge in [-0.2, -0.15) is 0 Å². The Bertz CT molecular complexity index is 430. The number of anilines is 1. The van der Waals surface area contributed by atoms with E-state index in [-0.39, 0.29) is 6.61 Å². The van der Waals surface area contributed by atoms with Crippen molar-refractivity contribution in [2.24, 2.45) is 0 Å². The Labute approximate surface area is 121 Å². The van der Waals surface area contributed by atoms with Crippen LogP contribution in [0.5, 0.6) is 5.75 Å². The Morgan fingerprint density at radius 3 is 2.65 bits per heavy atom. The molecule has 1 aliphatic rings. The van der Waals surface area contributed by atoms with Gasteiger partial charge in [0, 0.05) is 30.4 Å². The Hall–Kier alpha value is -1.26. The van der Waals surface area contributed by atoms with Gasteiger partial charge in [-0.3, -0.25) is 0 Å². The van der Waals surface area contributed by atoms with Gasteiger partial charge in [-0.1, -0.05) is 6.07 Å². The average Bonchev–Trinajstić information content (AvgIpc) is 2.40. The van der Waals surface area contributed by atoms with Crippen molar-refractivity contribution in [3.63, 3.8) is 0 Å². The Balaban J connectivity index is 2.35. The lowest BCUT2D eigenvalue weighted by Gasteiger charge is -2.40. The number of rotatable bonds is 7. The topological polar surface area (TPSA) is 52.9 Å². The van der Waals surface area contributed by atoms with E-state index in [1.54, 1.807) is 14.0 Å². The predicted octanol–water partition coefficient (Wildman–Crippen LogP) is 2.49. The number of hydrogen-bond acceptors (Lipinski definition) is 4. The van der Waals surface area contributed by atoms with E-state index < -0.39 is 6.10 Å². The molecule has 0 saturated heterocycles. The normalized spacial score (nSPS) is 16.6. The molecule has 4 heteroatoms. The van der Waals surface area contributed by atoms with E-state index in [9.17, 15) is 5.11 Å². The highest BCUT2D eigenvalue weighted by molar-refractivity contribution is 5.61. The van der Waals surface area contributed by atoms with E-state index in [0.717, 1.165) is 30.0 Å². The first-order chi connectivity index (χ1) is 9.69. The van der Waals surface area contributed by atoms with Crippen molar-refractivity contribution < 1.29 is 14.9 Å². The number of methoxy groups -OCH3 is 1. The smallest absolute Gasteiger partial charge is 0.126 e. The summed E-state index contributed by atoms with van der Waals surface area (Å²) < 4.78 is 5.40. The van der Waals surface area contributed by atoms with Gasteiger partial charge in [-0.15, -0.1) is 0 Å². The van der Waals surface area contributed by atoms with Crippen LogP contribution < -0.4 is 9.64 Å². The van der Waals surface area contributed by atoms with E-state index >= 15 is 0 Å². The van der Waals surface area contributed by atoms with Crippen LogP contribution in [-0.4, -0.2) is 36.5 Å². The third-order valence-electron chi connectivity index (χ3n) is 4.06. The molecule has 0 unspecified atom stereocenters. The Morgan fingerprint density at radius 2 is 2.15 bits per heavy atom. The number of nitrogens with zero attached hydrogens (tertiary/aromatic N) is 1. The van der Waals surface area contributed by atoms with E-state index in [1.807, 2.05) is 18.2 Å². The van der Waals surface area contributed by atoms with Crippen molar-refractivity contribution in [1.29, 1.82) is 0 Å². The largest absolute Gasteiger partial charge is 0.496 e. The maximum atomic E-state index is 10.1. The minimum atomic E-state index is -0.571. The molecule has 0 aliphatic heterocycles. The maximum absolute atomic E-state index is 10.1. The first kappa shape index (κ1) is 15.1.